The third-order valence-electron chi connectivity index (χ3n) is 7.08. The van der Waals surface area contributed by atoms with Gasteiger partial charge in [-0.15, -0.1) is 6.42 Å². The number of carbonyl (C=O) groups excluding carboxylic acids is 2. The number of aryl methyl sites for hydroxylation is 4. The Morgan fingerprint density at radius 3 is 1.60 bits per heavy atom. The fourth-order valence-corrected chi connectivity index (χ4v) is 4.63. The van der Waals surface area contributed by atoms with Gasteiger partial charge in [-0.1, -0.05) is 36.0 Å². The van der Waals surface area contributed by atoms with E-state index in [1.165, 1.54) is 38.5 Å². The highest BCUT2D eigenvalue weighted by atomic mass is 19.1. The zero-order valence-electron chi connectivity index (χ0n) is 31.8. The van der Waals surface area contributed by atoms with Gasteiger partial charge in [0, 0.05) is 5.46 Å². The van der Waals surface area contributed by atoms with Crippen LogP contribution in [0.1, 0.15) is 62.9 Å². The Morgan fingerprint density at radius 1 is 0.745 bits per heavy atom. The van der Waals surface area contributed by atoms with Gasteiger partial charge in [-0.25, -0.2) is 38.3 Å². The molecule has 4 N–H and O–H groups in total. The first-order chi connectivity index (χ1) is 26.2. The van der Waals surface area contributed by atoms with E-state index in [-0.39, 0.29) is 35.7 Å². The molecule has 0 aliphatic rings. The lowest BCUT2D eigenvalue weighted by Gasteiger charge is -2.10. The highest BCUT2D eigenvalue weighted by Crippen LogP contribution is 2.19. The number of ether oxygens (including phenoxy) is 4. The Balaban J connectivity index is 0.000000309. The summed E-state index contributed by atoms with van der Waals surface area (Å²) in [6, 6.07) is 8.94. The molecule has 0 saturated carbocycles. The standard InChI is InChI=1S/C19H20FN3O3.C12H15N3O2.C7H8BFO3/c1-5-26-18(24)16-12(2)22-19(23-13(16)3)21-11-7-9-14-8-6-10-15(25-4)17(14)20;1-5-7-13-12-14-8(3)10(9(4)15-12)11(16)17-6-2;1-12-6-4-2-3-5(7(6)9)8(10)11/h6,8,10H,5,11H2,1-4H3,(H,21,22,23);1H,6-7H2,2-4H3,(H,13,14,15);2-4,10-11H,1H3. The first-order valence-corrected chi connectivity index (χ1v) is 16.7. The van der Waals surface area contributed by atoms with Crippen LogP contribution in [0.15, 0.2) is 36.4 Å². The van der Waals surface area contributed by atoms with E-state index in [2.05, 4.69) is 53.1 Å². The Bertz CT molecular complexity index is 2000. The lowest BCUT2D eigenvalue weighted by Crippen LogP contribution is -2.32. The molecule has 0 bridgehead atoms. The van der Waals surface area contributed by atoms with Crippen LogP contribution in [0.25, 0.3) is 0 Å². The van der Waals surface area contributed by atoms with E-state index in [9.17, 15) is 18.4 Å². The molecule has 0 atom stereocenters. The lowest BCUT2D eigenvalue weighted by atomic mass is 9.80. The maximum Gasteiger partial charge on any atom is 0.491 e. The molecular weight excluding hydrogens is 717 g/mol. The zero-order valence-corrected chi connectivity index (χ0v) is 31.8. The van der Waals surface area contributed by atoms with Crippen LogP contribution in [0.4, 0.5) is 20.7 Å². The van der Waals surface area contributed by atoms with Crippen molar-refractivity contribution in [2.45, 2.75) is 41.5 Å². The van der Waals surface area contributed by atoms with Gasteiger partial charge in [-0.2, -0.15) is 0 Å². The van der Waals surface area contributed by atoms with Crippen LogP contribution in [0.2, 0.25) is 0 Å². The van der Waals surface area contributed by atoms with Gasteiger partial charge >= 0.3 is 19.1 Å². The normalized spacial score (nSPS) is 9.73. The van der Waals surface area contributed by atoms with Crippen LogP contribution in [0.3, 0.4) is 0 Å². The van der Waals surface area contributed by atoms with Crippen molar-refractivity contribution in [3.8, 4) is 35.7 Å². The molecule has 2 aromatic carbocycles. The summed E-state index contributed by atoms with van der Waals surface area (Å²) in [5.41, 5.74) is 3.04. The van der Waals surface area contributed by atoms with Crippen LogP contribution in [-0.4, -0.2) is 89.6 Å². The van der Waals surface area contributed by atoms with E-state index >= 15 is 0 Å². The number of carbonyl (C=O) groups is 2. The minimum absolute atomic E-state index is 0.000556. The van der Waals surface area contributed by atoms with Crippen molar-refractivity contribution >= 4 is 36.4 Å². The average molecular weight is 761 g/mol. The van der Waals surface area contributed by atoms with E-state index in [4.69, 9.17) is 30.7 Å². The Labute approximate surface area is 319 Å². The smallest absolute Gasteiger partial charge is 0.491 e. The van der Waals surface area contributed by atoms with Crippen molar-refractivity contribution in [2.24, 2.45) is 0 Å². The lowest BCUT2D eigenvalue weighted by molar-refractivity contribution is 0.0513. The number of hydrogen-bond acceptors (Lipinski definition) is 14. The predicted molar refractivity (Wildman–Crippen MR) is 203 cm³/mol. The molecule has 0 spiro atoms. The molecule has 0 aliphatic heterocycles. The number of halogens is 2. The number of nitrogens with zero attached hydrogens (tertiary/aromatic N) is 4. The number of terminal acetylenes is 1. The number of methoxy groups -OCH3 is 2. The summed E-state index contributed by atoms with van der Waals surface area (Å²) in [6.45, 7) is 11.6. The summed E-state index contributed by atoms with van der Waals surface area (Å²) in [5.74, 6) is 6.81. The molecule has 0 saturated heterocycles. The first kappa shape index (κ1) is 44.9. The third kappa shape index (κ3) is 13.3. The number of esters is 2. The molecule has 0 radical (unpaired) electrons. The third-order valence-corrected chi connectivity index (χ3v) is 7.08. The quantitative estimate of drug-likeness (QED) is 0.0985. The van der Waals surface area contributed by atoms with E-state index in [1.54, 1.807) is 53.7 Å². The maximum absolute atomic E-state index is 14.0. The van der Waals surface area contributed by atoms with Crippen LogP contribution in [0, 0.1) is 63.5 Å². The van der Waals surface area contributed by atoms with Crippen molar-refractivity contribution in [3.05, 3.63) is 87.5 Å². The van der Waals surface area contributed by atoms with Crippen LogP contribution < -0.4 is 25.6 Å². The predicted octanol–water partition coefficient (Wildman–Crippen LogP) is 3.71. The second-order valence-electron chi connectivity index (χ2n) is 10.9. The van der Waals surface area contributed by atoms with E-state index < -0.39 is 30.7 Å². The minimum atomic E-state index is -1.81. The molecule has 55 heavy (non-hydrogen) atoms. The van der Waals surface area contributed by atoms with Crippen LogP contribution in [-0.2, 0) is 9.47 Å². The number of hydrogen-bond donors (Lipinski definition) is 4. The van der Waals surface area contributed by atoms with Gasteiger partial charge in [-0.05, 0) is 59.7 Å². The zero-order chi connectivity index (χ0) is 41.1. The molecule has 4 aromatic rings. The number of nitrogens with one attached hydrogen (secondary N) is 2. The van der Waals surface area contributed by atoms with Gasteiger partial charge in [0.1, 0.15) is 11.1 Å². The molecule has 17 heteroatoms. The van der Waals surface area contributed by atoms with Gasteiger partial charge in [-0.3, -0.25) is 0 Å². The molecule has 290 valence electrons. The molecule has 4 rings (SSSR count). The van der Waals surface area contributed by atoms with E-state index in [1.807, 2.05) is 0 Å². The molecule has 2 aromatic heterocycles. The Morgan fingerprint density at radius 2 is 1.18 bits per heavy atom. The molecule has 14 nitrogen and oxygen atoms in total. The molecule has 0 fully saturated rings. The number of benzene rings is 2. The van der Waals surface area contributed by atoms with E-state index in [0.717, 1.165) is 0 Å². The molecule has 0 aliphatic carbocycles. The van der Waals surface area contributed by atoms with Crippen molar-refractivity contribution in [2.75, 3.05) is 51.2 Å². The highest BCUT2D eigenvalue weighted by Gasteiger charge is 2.20. The van der Waals surface area contributed by atoms with E-state index in [0.29, 0.717) is 59.0 Å². The fourth-order valence-electron chi connectivity index (χ4n) is 4.63. The van der Waals surface area contributed by atoms with Crippen LogP contribution >= 0.6 is 0 Å². The Kier molecular flexibility index (Phi) is 18.5. The van der Waals surface area contributed by atoms with Gasteiger partial charge < -0.3 is 39.6 Å². The summed E-state index contributed by atoms with van der Waals surface area (Å²) in [4.78, 5) is 40.4. The van der Waals surface area contributed by atoms with Crippen LogP contribution in [0.5, 0.6) is 11.5 Å². The second kappa shape index (κ2) is 22.7. The number of aromatic nitrogens is 4. The summed E-state index contributed by atoms with van der Waals surface area (Å²) in [7, 11) is 0.908. The molecule has 0 unspecified atom stereocenters. The maximum atomic E-state index is 14.0. The molecule has 0 amide bonds. The van der Waals surface area contributed by atoms with Crippen molar-refractivity contribution in [1.82, 2.24) is 19.9 Å². The highest BCUT2D eigenvalue weighted by molar-refractivity contribution is 6.58. The number of rotatable bonds is 11. The fraction of sp³-hybridized carbons (Fsp3) is 0.316. The van der Waals surface area contributed by atoms with Gasteiger partial charge in [0.25, 0.3) is 0 Å². The summed E-state index contributed by atoms with van der Waals surface area (Å²) in [6.07, 6.45) is 5.13. The summed E-state index contributed by atoms with van der Waals surface area (Å²) >= 11 is 0. The topological polar surface area (TPSA) is 187 Å². The van der Waals surface area contributed by atoms with Gasteiger partial charge in [0.2, 0.25) is 11.9 Å². The van der Waals surface area contributed by atoms with Gasteiger partial charge in [0.05, 0.1) is 68.9 Å². The first-order valence-electron chi connectivity index (χ1n) is 16.7. The van der Waals surface area contributed by atoms with Gasteiger partial charge in [0.15, 0.2) is 23.1 Å². The summed E-state index contributed by atoms with van der Waals surface area (Å²) in [5, 5.41) is 23.2. The summed E-state index contributed by atoms with van der Waals surface area (Å²) < 4.78 is 46.6. The monoisotopic (exact) mass is 760 g/mol. The largest absolute Gasteiger partial charge is 0.494 e. The van der Waals surface area contributed by atoms with Crippen molar-refractivity contribution in [3.63, 3.8) is 0 Å². The minimum Gasteiger partial charge on any atom is -0.494 e. The second-order valence-corrected chi connectivity index (χ2v) is 10.9. The number of anilines is 2. The molecule has 2 heterocycles. The van der Waals surface area contributed by atoms with Crippen molar-refractivity contribution < 1.29 is 47.4 Å². The van der Waals surface area contributed by atoms with Crippen molar-refractivity contribution in [1.29, 1.82) is 0 Å². The average Bonchev–Trinajstić information content (AvgIpc) is 3.13. The molecular formula is C38H43BF2N6O8. The Hall–Kier alpha value is -6.30. The SMILES string of the molecule is C#CCNc1nc(C)c(C(=O)OCC)c(C)n1.CCOC(=O)c1c(C)nc(NCC#Cc2cccc(OC)c2F)nc1C.COc1cccc(B(O)O)c1F.